The summed E-state index contributed by atoms with van der Waals surface area (Å²) >= 11 is 1.22. The van der Waals surface area contributed by atoms with E-state index in [1.165, 1.54) is 30.8 Å². The Morgan fingerprint density at radius 1 is 1.48 bits per heavy atom. The third kappa shape index (κ3) is 4.82. The van der Waals surface area contributed by atoms with E-state index in [0.29, 0.717) is 5.16 Å². The summed E-state index contributed by atoms with van der Waals surface area (Å²) in [6.45, 7) is 3.77. The van der Waals surface area contributed by atoms with Crippen molar-refractivity contribution in [3.63, 3.8) is 0 Å². The van der Waals surface area contributed by atoms with Gasteiger partial charge < -0.3 is 15.8 Å². The van der Waals surface area contributed by atoms with E-state index < -0.39 is 5.97 Å². The van der Waals surface area contributed by atoms with Gasteiger partial charge in [-0.2, -0.15) is 0 Å². The summed E-state index contributed by atoms with van der Waals surface area (Å²) in [4.78, 5) is 32.0. The van der Waals surface area contributed by atoms with Crippen molar-refractivity contribution < 1.29 is 14.3 Å². The van der Waals surface area contributed by atoms with Gasteiger partial charge in [-0.15, -0.1) is 0 Å². The highest BCUT2D eigenvalue weighted by atomic mass is 32.2. The number of nitrogen functional groups attached to an aromatic ring is 1. The van der Waals surface area contributed by atoms with Crippen LogP contribution in [0.15, 0.2) is 11.4 Å². The number of carbonyl (C=O) groups excluding carboxylic acids is 2. The second-order valence-electron chi connectivity index (χ2n) is 5.42. The Morgan fingerprint density at radius 2 is 2.17 bits per heavy atom. The minimum atomic E-state index is -0.548. The lowest BCUT2D eigenvalue weighted by Gasteiger charge is -2.16. The number of amides is 1. The molecule has 3 N–H and O–H groups in total. The second kappa shape index (κ2) is 8.14. The van der Waals surface area contributed by atoms with Crippen molar-refractivity contribution in [3.8, 4) is 0 Å². The van der Waals surface area contributed by atoms with Gasteiger partial charge >= 0.3 is 5.97 Å². The van der Waals surface area contributed by atoms with Gasteiger partial charge in [0.25, 0.3) is 0 Å². The zero-order valence-corrected chi connectivity index (χ0v) is 14.2. The number of rotatable bonds is 6. The molecular weight excluding hydrogens is 316 g/mol. The topological polar surface area (TPSA) is 107 Å². The third-order valence-corrected chi connectivity index (χ3v) is 4.62. The van der Waals surface area contributed by atoms with Gasteiger partial charge in [0, 0.05) is 12.2 Å². The number of aromatic nitrogens is 2. The average molecular weight is 338 g/mol. The van der Waals surface area contributed by atoms with Crippen LogP contribution in [-0.2, 0) is 9.53 Å². The second-order valence-corrected chi connectivity index (χ2v) is 6.73. The standard InChI is InChI=1S/C15H22N4O3S/c1-3-22-14(21)11-8-17-15(19-12(11)16)23-9(2)13(20)18-10-6-4-5-7-10/h8-10H,3-7H2,1-2H3,(H,18,20)(H2,16,17,19). The van der Waals surface area contributed by atoms with Crippen LogP contribution in [0, 0.1) is 0 Å². The lowest BCUT2D eigenvalue weighted by Crippen LogP contribution is -2.37. The zero-order valence-electron chi connectivity index (χ0n) is 13.4. The molecule has 1 atom stereocenters. The largest absolute Gasteiger partial charge is 0.462 e. The van der Waals surface area contributed by atoms with E-state index in [0.717, 1.165) is 12.8 Å². The van der Waals surface area contributed by atoms with E-state index in [2.05, 4.69) is 15.3 Å². The fraction of sp³-hybridized carbons (Fsp3) is 0.600. The number of ether oxygens (including phenoxy) is 1. The fourth-order valence-corrected chi connectivity index (χ4v) is 3.16. The molecule has 0 saturated heterocycles. The zero-order chi connectivity index (χ0) is 16.8. The summed E-state index contributed by atoms with van der Waals surface area (Å²) in [5.41, 5.74) is 5.91. The van der Waals surface area contributed by atoms with Crippen molar-refractivity contribution >= 4 is 29.5 Å². The van der Waals surface area contributed by atoms with Crippen LogP contribution in [0.5, 0.6) is 0 Å². The molecule has 1 fully saturated rings. The molecule has 1 saturated carbocycles. The smallest absolute Gasteiger partial charge is 0.343 e. The summed E-state index contributed by atoms with van der Waals surface area (Å²) in [6.07, 6.45) is 5.76. The number of nitrogens with zero attached hydrogens (tertiary/aromatic N) is 2. The van der Waals surface area contributed by atoms with Gasteiger partial charge in [0.05, 0.1) is 11.9 Å². The van der Waals surface area contributed by atoms with E-state index >= 15 is 0 Å². The third-order valence-electron chi connectivity index (χ3n) is 3.64. The lowest BCUT2D eigenvalue weighted by atomic mass is 10.2. The van der Waals surface area contributed by atoms with Gasteiger partial charge in [-0.25, -0.2) is 14.8 Å². The highest BCUT2D eigenvalue weighted by Crippen LogP contribution is 2.23. The van der Waals surface area contributed by atoms with Gasteiger partial charge in [-0.1, -0.05) is 24.6 Å². The molecule has 1 aliphatic rings. The highest BCUT2D eigenvalue weighted by molar-refractivity contribution is 8.00. The Bertz CT molecular complexity index is 576. The maximum absolute atomic E-state index is 12.2. The molecule has 7 nitrogen and oxygen atoms in total. The SMILES string of the molecule is CCOC(=O)c1cnc(SC(C)C(=O)NC2CCCC2)nc1N. The highest BCUT2D eigenvalue weighted by Gasteiger charge is 2.22. The Kier molecular flexibility index (Phi) is 6.20. The molecule has 126 valence electrons. The summed E-state index contributed by atoms with van der Waals surface area (Å²) in [5, 5.41) is 3.07. The van der Waals surface area contributed by atoms with Crippen molar-refractivity contribution in [1.29, 1.82) is 0 Å². The molecule has 1 unspecified atom stereocenters. The number of thioether (sulfide) groups is 1. The average Bonchev–Trinajstić information content (AvgIpc) is 3.00. The van der Waals surface area contributed by atoms with Crippen LogP contribution in [0.3, 0.4) is 0 Å². The molecule has 0 aromatic carbocycles. The minimum absolute atomic E-state index is 0.0291. The Balaban J connectivity index is 1.95. The minimum Gasteiger partial charge on any atom is -0.462 e. The van der Waals surface area contributed by atoms with Crippen molar-refractivity contribution in [1.82, 2.24) is 15.3 Å². The normalized spacial score (nSPS) is 16.1. The number of hydrogen-bond donors (Lipinski definition) is 2. The molecule has 8 heteroatoms. The first-order chi connectivity index (χ1) is 11.0. The monoisotopic (exact) mass is 338 g/mol. The van der Waals surface area contributed by atoms with Gasteiger partial charge in [0.1, 0.15) is 11.4 Å². The van der Waals surface area contributed by atoms with Crippen LogP contribution in [0.4, 0.5) is 5.82 Å². The van der Waals surface area contributed by atoms with Gasteiger partial charge in [0.15, 0.2) is 5.16 Å². The number of nitrogens with one attached hydrogen (secondary N) is 1. The number of esters is 1. The van der Waals surface area contributed by atoms with Crippen LogP contribution in [0.1, 0.15) is 49.9 Å². The maximum Gasteiger partial charge on any atom is 0.343 e. The Labute approximate surface area is 139 Å². The lowest BCUT2D eigenvalue weighted by molar-refractivity contribution is -0.120. The van der Waals surface area contributed by atoms with Crippen molar-refractivity contribution in [2.24, 2.45) is 0 Å². The Hall–Kier alpha value is -1.83. The summed E-state index contributed by atoms with van der Waals surface area (Å²) in [6, 6.07) is 0.280. The first kappa shape index (κ1) is 17.5. The molecule has 1 amide bonds. The molecule has 0 spiro atoms. The van der Waals surface area contributed by atoms with Gasteiger partial charge in [0.2, 0.25) is 5.91 Å². The molecular formula is C15H22N4O3S. The van der Waals surface area contributed by atoms with E-state index in [1.54, 1.807) is 13.8 Å². The molecule has 1 aliphatic carbocycles. The van der Waals surface area contributed by atoms with Crippen LogP contribution in [-0.4, -0.2) is 39.7 Å². The molecule has 1 aromatic rings. The van der Waals surface area contributed by atoms with Crippen molar-refractivity contribution in [2.75, 3.05) is 12.3 Å². The molecule has 23 heavy (non-hydrogen) atoms. The number of hydrogen-bond acceptors (Lipinski definition) is 7. The number of nitrogens with two attached hydrogens (primary N) is 1. The molecule has 0 aliphatic heterocycles. The number of anilines is 1. The van der Waals surface area contributed by atoms with Crippen molar-refractivity contribution in [3.05, 3.63) is 11.8 Å². The van der Waals surface area contributed by atoms with E-state index in [4.69, 9.17) is 10.5 Å². The number of carbonyl (C=O) groups is 2. The van der Waals surface area contributed by atoms with Gasteiger partial charge in [-0.3, -0.25) is 4.79 Å². The van der Waals surface area contributed by atoms with E-state index in [1.807, 2.05) is 0 Å². The van der Waals surface area contributed by atoms with Crippen molar-refractivity contribution in [2.45, 2.75) is 56.0 Å². The summed E-state index contributed by atoms with van der Waals surface area (Å²) in [5.74, 6) is -0.517. The molecule has 0 bridgehead atoms. The van der Waals surface area contributed by atoms with E-state index in [9.17, 15) is 9.59 Å². The predicted octanol–water partition coefficient (Wildman–Crippen LogP) is 1.77. The summed E-state index contributed by atoms with van der Waals surface area (Å²) in [7, 11) is 0. The van der Waals surface area contributed by atoms with Crippen LogP contribution in [0.2, 0.25) is 0 Å². The quantitative estimate of drug-likeness (QED) is 0.462. The molecule has 1 heterocycles. The van der Waals surface area contributed by atoms with Crippen LogP contribution >= 0.6 is 11.8 Å². The van der Waals surface area contributed by atoms with Gasteiger partial charge in [-0.05, 0) is 26.7 Å². The Morgan fingerprint density at radius 3 is 2.78 bits per heavy atom. The first-order valence-corrected chi connectivity index (χ1v) is 8.66. The first-order valence-electron chi connectivity index (χ1n) is 7.78. The van der Waals surface area contributed by atoms with Crippen LogP contribution < -0.4 is 11.1 Å². The molecule has 1 aromatic heterocycles. The predicted molar refractivity (Wildman–Crippen MR) is 88.1 cm³/mol. The summed E-state index contributed by atoms with van der Waals surface area (Å²) < 4.78 is 4.87. The maximum atomic E-state index is 12.2. The molecule has 0 radical (unpaired) electrons. The fourth-order valence-electron chi connectivity index (χ4n) is 2.40. The van der Waals surface area contributed by atoms with Crippen LogP contribution in [0.25, 0.3) is 0 Å². The van der Waals surface area contributed by atoms with E-state index in [-0.39, 0.29) is 35.2 Å². The molecule has 2 rings (SSSR count).